The smallest absolute Gasteiger partial charge is 0.191 e. The average molecular weight is 459 g/mol. The molecule has 1 aliphatic rings. The number of hydrogen-bond acceptors (Lipinski definition) is 3. The molecule has 1 rings (SSSR count). The monoisotopic (exact) mass is 459 g/mol. The molecule has 1 fully saturated rings. The lowest BCUT2D eigenvalue weighted by Gasteiger charge is -2.18. The molecule has 5 nitrogen and oxygen atoms in total. The first kappa shape index (κ1) is 23.1. The highest BCUT2D eigenvalue weighted by Gasteiger charge is 2.20. The summed E-state index contributed by atoms with van der Waals surface area (Å²) in [6, 6.07) is 0. The van der Waals surface area contributed by atoms with Crippen LogP contribution in [0.25, 0.3) is 0 Å². The van der Waals surface area contributed by atoms with E-state index in [-0.39, 0.29) is 28.7 Å². The van der Waals surface area contributed by atoms with E-state index in [2.05, 4.69) is 15.6 Å². The lowest BCUT2D eigenvalue weighted by atomic mass is 10.3. The number of nitrogens with one attached hydrogen (secondary N) is 2. The van der Waals surface area contributed by atoms with Crippen LogP contribution in [0.4, 0.5) is 0 Å². The molecule has 1 saturated carbocycles. The fourth-order valence-corrected chi connectivity index (χ4v) is 2.70. The predicted molar refractivity (Wildman–Crippen MR) is 110 cm³/mol. The van der Waals surface area contributed by atoms with E-state index in [1.54, 1.807) is 0 Å². The van der Waals surface area contributed by atoms with E-state index < -0.39 is 10.8 Å². The zero-order valence-electron chi connectivity index (χ0n) is 15.0. The molecule has 0 bridgehead atoms. The van der Waals surface area contributed by atoms with Crippen molar-refractivity contribution in [3.05, 3.63) is 0 Å². The SMILES string of the molecule is CCNC(=NCCCOCC1CC1)NCCS(=O)C(C)(C)C.I. The third kappa shape index (κ3) is 12.2. The van der Waals surface area contributed by atoms with Crippen molar-refractivity contribution in [2.45, 2.75) is 51.7 Å². The molecule has 0 aliphatic heterocycles. The van der Waals surface area contributed by atoms with E-state index in [0.29, 0.717) is 12.3 Å². The Morgan fingerprint density at radius 3 is 2.57 bits per heavy atom. The molecule has 23 heavy (non-hydrogen) atoms. The molecule has 1 atom stereocenters. The highest BCUT2D eigenvalue weighted by atomic mass is 127. The minimum Gasteiger partial charge on any atom is -0.381 e. The van der Waals surface area contributed by atoms with Crippen LogP contribution in [-0.2, 0) is 15.5 Å². The van der Waals surface area contributed by atoms with Crippen LogP contribution in [0.3, 0.4) is 0 Å². The van der Waals surface area contributed by atoms with Gasteiger partial charge in [-0.25, -0.2) is 0 Å². The van der Waals surface area contributed by atoms with Crippen LogP contribution in [0.5, 0.6) is 0 Å². The second-order valence-electron chi connectivity index (χ2n) is 6.72. The third-order valence-corrected chi connectivity index (χ3v) is 5.32. The van der Waals surface area contributed by atoms with E-state index in [4.69, 9.17) is 4.74 Å². The van der Waals surface area contributed by atoms with Gasteiger partial charge in [-0.15, -0.1) is 24.0 Å². The molecule has 0 radical (unpaired) electrons. The first-order chi connectivity index (χ1) is 10.4. The van der Waals surface area contributed by atoms with Crippen LogP contribution in [-0.4, -0.2) is 53.5 Å². The fraction of sp³-hybridized carbons (Fsp3) is 0.938. The van der Waals surface area contributed by atoms with Gasteiger partial charge in [-0.05, 0) is 52.9 Å². The van der Waals surface area contributed by atoms with Gasteiger partial charge in [-0.2, -0.15) is 0 Å². The number of aliphatic imine (C=N–C) groups is 1. The number of hydrogen-bond donors (Lipinski definition) is 2. The van der Waals surface area contributed by atoms with Crippen LogP contribution < -0.4 is 10.6 Å². The van der Waals surface area contributed by atoms with Crippen LogP contribution in [0.15, 0.2) is 4.99 Å². The Balaban J connectivity index is 0.00000484. The van der Waals surface area contributed by atoms with Crippen molar-refractivity contribution in [1.82, 2.24) is 10.6 Å². The maximum absolute atomic E-state index is 12.0. The molecule has 138 valence electrons. The zero-order valence-corrected chi connectivity index (χ0v) is 18.2. The summed E-state index contributed by atoms with van der Waals surface area (Å²) in [5, 5.41) is 6.46. The second kappa shape index (κ2) is 12.5. The summed E-state index contributed by atoms with van der Waals surface area (Å²) in [6.45, 7) is 12.0. The van der Waals surface area contributed by atoms with Gasteiger partial charge in [0.05, 0.1) is 0 Å². The molecule has 1 unspecified atom stereocenters. The van der Waals surface area contributed by atoms with E-state index in [0.717, 1.165) is 44.6 Å². The minimum atomic E-state index is -0.832. The number of ether oxygens (including phenoxy) is 1. The molecule has 1 aliphatic carbocycles. The van der Waals surface area contributed by atoms with E-state index in [9.17, 15) is 4.21 Å². The highest BCUT2D eigenvalue weighted by molar-refractivity contribution is 14.0. The van der Waals surface area contributed by atoms with E-state index >= 15 is 0 Å². The Morgan fingerprint density at radius 2 is 2.00 bits per heavy atom. The third-order valence-electron chi connectivity index (χ3n) is 3.37. The molecule has 0 aromatic rings. The van der Waals surface area contributed by atoms with Crippen molar-refractivity contribution >= 4 is 40.7 Å². The lowest BCUT2D eigenvalue weighted by Crippen LogP contribution is -2.40. The number of nitrogens with zero attached hydrogens (tertiary/aromatic N) is 1. The summed E-state index contributed by atoms with van der Waals surface area (Å²) in [4.78, 5) is 4.52. The lowest BCUT2D eigenvalue weighted by molar-refractivity contribution is 0.123. The summed E-state index contributed by atoms with van der Waals surface area (Å²) in [6.07, 6.45) is 3.61. The predicted octanol–water partition coefficient (Wildman–Crippen LogP) is 2.52. The van der Waals surface area contributed by atoms with Crippen molar-refractivity contribution < 1.29 is 8.95 Å². The van der Waals surface area contributed by atoms with Crippen LogP contribution >= 0.6 is 24.0 Å². The molecule has 7 heteroatoms. The van der Waals surface area contributed by atoms with Gasteiger partial charge in [-0.1, -0.05) is 0 Å². The van der Waals surface area contributed by atoms with Gasteiger partial charge in [0.25, 0.3) is 0 Å². The Morgan fingerprint density at radius 1 is 1.30 bits per heavy atom. The minimum absolute atomic E-state index is 0. The number of halogens is 1. The molecule has 0 heterocycles. The van der Waals surface area contributed by atoms with E-state index in [1.165, 1.54) is 12.8 Å². The fourth-order valence-electron chi connectivity index (χ4n) is 1.80. The van der Waals surface area contributed by atoms with Crippen molar-refractivity contribution in [2.75, 3.05) is 38.6 Å². The molecular formula is C16H34IN3O2S. The van der Waals surface area contributed by atoms with Crippen molar-refractivity contribution in [2.24, 2.45) is 10.9 Å². The summed E-state index contributed by atoms with van der Waals surface area (Å²) in [7, 11) is -0.832. The van der Waals surface area contributed by atoms with Crippen LogP contribution in [0.2, 0.25) is 0 Å². The van der Waals surface area contributed by atoms with Gasteiger partial charge in [0.1, 0.15) is 0 Å². The topological polar surface area (TPSA) is 62.7 Å². The molecule has 0 aromatic carbocycles. The number of rotatable bonds is 10. The van der Waals surface area contributed by atoms with E-state index in [1.807, 2.05) is 27.7 Å². The van der Waals surface area contributed by atoms with Gasteiger partial charge >= 0.3 is 0 Å². The van der Waals surface area contributed by atoms with Crippen molar-refractivity contribution in [1.29, 1.82) is 0 Å². The van der Waals surface area contributed by atoms with Gasteiger partial charge < -0.3 is 15.4 Å². The highest BCUT2D eigenvalue weighted by Crippen LogP contribution is 2.28. The van der Waals surface area contributed by atoms with Gasteiger partial charge in [0, 0.05) is 54.1 Å². The normalized spacial score (nSPS) is 16.6. The standard InChI is InChI=1S/C16H33N3O2S.HI/c1-5-17-15(19-10-12-22(20)16(2,3)4)18-9-6-11-21-13-14-7-8-14;/h14H,5-13H2,1-4H3,(H2,17,18,19);1H. The Hall–Kier alpha value is 0.110. The maximum atomic E-state index is 12.0. The van der Waals surface area contributed by atoms with Crippen molar-refractivity contribution in [3.63, 3.8) is 0 Å². The Bertz CT molecular complexity index is 369. The first-order valence-electron chi connectivity index (χ1n) is 8.42. The second-order valence-corrected chi connectivity index (χ2v) is 9.05. The maximum Gasteiger partial charge on any atom is 0.191 e. The summed E-state index contributed by atoms with van der Waals surface area (Å²) >= 11 is 0. The zero-order chi connectivity index (χ0) is 16.4. The Kier molecular flexibility index (Phi) is 12.5. The summed E-state index contributed by atoms with van der Waals surface area (Å²) in [5.41, 5.74) is 0. The largest absolute Gasteiger partial charge is 0.381 e. The van der Waals surface area contributed by atoms with Gasteiger partial charge in [-0.3, -0.25) is 9.20 Å². The molecule has 0 aromatic heterocycles. The summed E-state index contributed by atoms with van der Waals surface area (Å²) in [5.74, 6) is 2.26. The number of guanidine groups is 1. The van der Waals surface area contributed by atoms with Crippen LogP contribution in [0, 0.1) is 5.92 Å². The molecule has 0 spiro atoms. The molecular weight excluding hydrogens is 425 g/mol. The molecule has 2 N–H and O–H groups in total. The van der Waals surface area contributed by atoms with Crippen molar-refractivity contribution in [3.8, 4) is 0 Å². The molecule has 0 amide bonds. The van der Waals surface area contributed by atoms with Gasteiger partial charge in [0.2, 0.25) is 0 Å². The average Bonchev–Trinajstić information content (AvgIpc) is 3.25. The quantitative estimate of drug-likeness (QED) is 0.228. The Labute approximate surface area is 161 Å². The molecule has 0 saturated heterocycles. The van der Waals surface area contributed by atoms with Crippen LogP contribution in [0.1, 0.15) is 47.0 Å². The van der Waals surface area contributed by atoms with Gasteiger partial charge in [0.15, 0.2) is 5.96 Å². The summed E-state index contributed by atoms with van der Waals surface area (Å²) < 4.78 is 17.4. The first-order valence-corrected chi connectivity index (χ1v) is 9.73.